The Hall–Kier alpha value is 0.476. The Morgan fingerprint density at radius 1 is 1.17 bits per heavy atom. The van der Waals surface area contributed by atoms with E-state index in [0.717, 1.165) is 44.9 Å². The van der Waals surface area contributed by atoms with Crippen molar-refractivity contribution in [3.05, 3.63) is 11.6 Å². The summed E-state index contributed by atoms with van der Waals surface area (Å²) in [7, 11) is 0. The number of hydrogen-bond donors (Lipinski definition) is 2. The summed E-state index contributed by atoms with van der Waals surface area (Å²) in [5.74, 6) is 1.72. The first-order chi connectivity index (χ1) is 13.6. The van der Waals surface area contributed by atoms with Gasteiger partial charge in [-0.15, -0.1) is 0 Å². The number of fused-ring (bicyclic) bond motifs is 5. The van der Waals surface area contributed by atoms with Crippen molar-refractivity contribution in [1.82, 2.24) is 0 Å². The molecular weight excluding hydrogens is 403 g/mol. The van der Waals surface area contributed by atoms with E-state index in [9.17, 15) is 19.8 Å². The number of carboxylic acids is 1. The SMILES string of the molecule is CCC[C@@H]1CC2=CC(=O)CC[C@]2(C)[C@H]2CC[C@@]3(C)[C@@H](CC[C@@]3(O)CCC(=O)O)[C@H]12.[K]. The van der Waals surface area contributed by atoms with Crippen LogP contribution in [-0.4, -0.2) is 79.0 Å². The smallest absolute Gasteiger partial charge is 0.303 e. The van der Waals surface area contributed by atoms with Gasteiger partial charge in [-0.3, -0.25) is 9.59 Å². The molecule has 30 heavy (non-hydrogen) atoms. The number of carbonyl (C=O) groups is 2. The summed E-state index contributed by atoms with van der Waals surface area (Å²) >= 11 is 0. The van der Waals surface area contributed by atoms with E-state index in [4.69, 9.17) is 0 Å². The van der Waals surface area contributed by atoms with E-state index in [1.165, 1.54) is 12.0 Å². The van der Waals surface area contributed by atoms with Crippen LogP contribution >= 0.6 is 0 Å². The monoisotopic (exact) mass is 441 g/mol. The Balaban J connectivity index is 0.00000256. The number of ketones is 1. The molecule has 4 aliphatic rings. The molecule has 1 radical (unpaired) electrons. The molecule has 0 aliphatic heterocycles. The van der Waals surface area contributed by atoms with Crippen molar-refractivity contribution in [3.63, 3.8) is 0 Å². The molecule has 7 atom stereocenters. The van der Waals surface area contributed by atoms with Crippen LogP contribution in [0.4, 0.5) is 0 Å². The number of rotatable bonds is 5. The zero-order chi connectivity index (χ0) is 21.0. The van der Waals surface area contributed by atoms with Crippen LogP contribution in [0.15, 0.2) is 11.6 Å². The Morgan fingerprint density at radius 3 is 2.53 bits per heavy atom. The summed E-state index contributed by atoms with van der Waals surface area (Å²) in [4.78, 5) is 23.4. The van der Waals surface area contributed by atoms with E-state index in [2.05, 4.69) is 20.8 Å². The van der Waals surface area contributed by atoms with E-state index >= 15 is 0 Å². The fraction of sp³-hybridized carbons (Fsp3) is 0.840. The zero-order valence-electron chi connectivity index (χ0n) is 19.4. The zero-order valence-corrected chi connectivity index (χ0v) is 22.5. The van der Waals surface area contributed by atoms with Gasteiger partial charge in [-0.1, -0.05) is 39.2 Å². The van der Waals surface area contributed by atoms with Crippen molar-refractivity contribution < 1.29 is 19.8 Å². The fourth-order valence-electron chi connectivity index (χ4n) is 8.21. The average molecular weight is 442 g/mol. The van der Waals surface area contributed by atoms with Crippen LogP contribution in [-0.2, 0) is 9.59 Å². The van der Waals surface area contributed by atoms with Crippen molar-refractivity contribution in [2.45, 2.75) is 97.0 Å². The average Bonchev–Trinajstić information content (AvgIpc) is 2.93. The predicted molar refractivity (Wildman–Crippen MR) is 118 cm³/mol. The fourth-order valence-corrected chi connectivity index (χ4v) is 8.21. The molecule has 4 rings (SSSR count). The van der Waals surface area contributed by atoms with E-state index in [1.807, 2.05) is 6.08 Å². The second kappa shape index (κ2) is 9.02. The number of hydrogen-bond acceptors (Lipinski definition) is 3. The molecule has 4 aliphatic carbocycles. The van der Waals surface area contributed by atoms with Gasteiger partial charge in [0.1, 0.15) is 0 Å². The number of aliphatic hydroxyl groups is 1. The molecule has 0 bridgehead atoms. The summed E-state index contributed by atoms with van der Waals surface area (Å²) in [5.41, 5.74) is 0.497. The van der Waals surface area contributed by atoms with Crippen molar-refractivity contribution in [1.29, 1.82) is 0 Å². The predicted octanol–water partition coefficient (Wildman–Crippen LogP) is 4.76. The number of carbonyl (C=O) groups excluding carboxylic acids is 1. The van der Waals surface area contributed by atoms with Crippen molar-refractivity contribution in [2.75, 3.05) is 0 Å². The molecule has 3 fully saturated rings. The summed E-state index contributed by atoms with van der Waals surface area (Å²) in [6.45, 7) is 6.91. The van der Waals surface area contributed by atoms with Gasteiger partial charge in [0, 0.05) is 64.2 Å². The molecule has 0 amide bonds. The van der Waals surface area contributed by atoms with Crippen molar-refractivity contribution in [3.8, 4) is 0 Å². The van der Waals surface area contributed by atoms with E-state index in [0.29, 0.717) is 42.3 Å². The molecule has 0 spiro atoms. The normalized spacial score (nSPS) is 44.9. The standard InChI is InChI=1S/C25H38O4.K/c1-4-5-16-14-17-15-18(26)6-10-23(17,2)19-7-11-24(3)20(22(16)19)8-12-25(24,29)13-9-21(27)28;/h15-16,19-20,22,29H,4-14H2,1-3H3,(H,27,28);/t16-,19+,20+,22-,23+,24+,25-;/m1./s1. The molecule has 2 N–H and O–H groups in total. The first kappa shape index (κ1) is 25.1. The van der Waals surface area contributed by atoms with E-state index in [1.54, 1.807) is 0 Å². The second-order valence-corrected chi connectivity index (χ2v) is 11.0. The van der Waals surface area contributed by atoms with Gasteiger partial charge in [0.2, 0.25) is 0 Å². The van der Waals surface area contributed by atoms with Crippen LogP contribution in [0.25, 0.3) is 0 Å². The Kier molecular flexibility index (Phi) is 7.55. The molecule has 5 heteroatoms. The molecule has 0 aromatic heterocycles. The molecule has 0 heterocycles. The molecule has 0 unspecified atom stereocenters. The largest absolute Gasteiger partial charge is 0.481 e. The van der Waals surface area contributed by atoms with Crippen LogP contribution < -0.4 is 0 Å². The Bertz CT molecular complexity index is 733. The molecular formula is C25H38KO4. The third kappa shape index (κ3) is 3.88. The summed E-state index contributed by atoms with van der Waals surface area (Å²) in [6, 6.07) is 0. The molecule has 3 saturated carbocycles. The van der Waals surface area contributed by atoms with Gasteiger partial charge in [-0.25, -0.2) is 0 Å². The molecule has 0 aromatic carbocycles. The van der Waals surface area contributed by atoms with Gasteiger partial charge in [0.05, 0.1) is 5.60 Å². The van der Waals surface area contributed by atoms with E-state index in [-0.39, 0.29) is 68.6 Å². The van der Waals surface area contributed by atoms with Crippen LogP contribution in [0.1, 0.15) is 91.4 Å². The third-order valence-corrected chi connectivity index (χ3v) is 9.87. The summed E-state index contributed by atoms with van der Waals surface area (Å²) in [5, 5.41) is 20.8. The maximum Gasteiger partial charge on any atom is 0.303 e. The van der Waals surface area contributed by atoms with Crippen LogP contribution in [0.3, 0.4) is 0 Å². The van der Waals surface area contributed by atoms with Gasteiger partial charge in [-0.2, -0.15) is 0 Å². The molecule has 0 saturated heterocycles. The van der Waals surface area contributed by atoms with Crippen LogP contribution in [0, 0.1) is 34.5 Å². The van der Waals surface area contributed by atoms with Crippen molar-refractivity contribution in [2.24, 2.45) is 34.5 Å². The second-order valence-electron chi connectivity index (χ2n) is 11.0. The minimum Gasteiger partial charge on any atom is -0.481 e. The quantitative estimate of drug-likeness (QED) is 0.603. The van der Waals surface area contributed by atoms with E-state index < -0.39 is 11.6 Å². The summed E-state index contributed by atoms with van der Waals surface area (Å²) < 4.78 is 0. The minimum absolute atomic E-state index is 0. The maximum atomic E-state index is 12.2. The van der Waals surface area contributed by atoms with Crippen molar-refractivity contribution >= 4 is 63.1 Å². The first-order valence-corrected chi connectivity index (χ1v) is 11.8. The van der Waals surface area contributed by atoms with Gasteiger partial charge < -0.3 is 10.2 Å². The Labute approximate surface area is 224 Å². The minimum atomic E-state index is -0.850. The first-order valence-electron chi connectivity index (χ1n) is 11.8. The Morgan fingerprint density at radius 2 is 1.87 bits per heavy atom. The molecule has 0 aromatic rings. The topological polar surface area (TPSA) is 74.6 Å². The number of allylic oxidation sites excluding steroid dienone is 1. The van der Waals surface area contributed by atoms with Gasteiger partial charge in [0.25, 0.3) is 0 Å². The van der Waals surface area contributed by atoms with Gasteiger partial charge >= 0.3 is 5.97 Å². The molecule has 4 nitrogen and oxygen atoms in total. The third-order valence-electron chi connectivity index (χ3n) is 9.87. The van der Waals surface area contributed by atoms with Gasteiger partial charge in [-0.05, 0) is 85.5 Å². The maximum absolute atomic E-state index is 12.2. The summed E-state index contributed by atoms with van der Waals surface area (Å²) in [6.07, 6.45) is 11.3. The van der Waals surface area contributed by atoms with Crippen LogP contribution in [0.2, 0.25) is 0 Å². The number of aliphatic carboxylic acids is 1. The number of carboxylic acid groups (broad SMARTS) is 1. The molecule has 163 valence electrons. The van der Waals surface area contributed by atoms with Crippen LogP contribution in [0.5, 0.6) is 0 Å². The van der Waals surface area contributed by atoms with Gasteiger partial charge in [0.15, 0.2) is 5.78 Å².